The van der Waals surface area contributed by atoms with E-state index in [0.29, 0.717) is 23.9 Å². The van der Waals surface area contributed by atoms with Gasteiger partial charge in [-0.2, -0.15) is 0 Å². The minimum Gasteiger partial charge on any atom is -0.464 e. The van der Waals surface area contributed by atoms with Crippen LogP contribution in [-0.2, 0) is 6.54 Å². The number of amides is 1. The Bertz CT molecular complexity index is 464. The van der Waals surface area contributed by atoms with Crippen LogP contribution < -0.4 is 11.3 Å². The Morgan fingerprint density at radius 2 is 2.20 bits per heavy atom. The zero-order valence-electron chi connectivity index (χ0n) is 12.5. The number of piperidine rings is 1. The van der Waals surface area contributed by atoms with E-state index in [1.165, 1.54) is 12.8 Å². The summed E-state index contributed by atoms with van der Waals surface area (Å²) in [6.07, 6.45) is 2.34. The third-order valence-electron chi connectivity index (χ3n) is 4.06. The SMILES string of the molecule is Cc1oc(CN(C)C2CCN(C)CC2)cc1C(=O)NN. The molecule has 0 aliphatic carbocycles. The second kappa shape index (κ2) is 6.39. The van der Waals surface area contributed by atoms with Crippen molar-refractivity contribution in [2.45, 2.75) is 32.4 Å². The van der Waals surface area contributed by atoms with Crippen molar-refractivity contribution in [1.29, 1.82) is 0 Å². The fourth-order valence-corrected chi connectivity index (χ4v) is 2.74. The van der Waals surface area contributed by atoms with Gasteiger partial charge in [-0.1, -0.05) is 0 Å². The quantitative estimate of drug-likeness (QED) is 0.483. The lowest BCUT2D eigenvalue weighted by Crippen LogP contribution is -2.41. The number of carbonyl (C=O) groups is 1. The highest BCUT2D eigenvalue weighted by Crippen LogP contribution is 2.20. The molecule has 1 fully saturated rings. The van der Waals surface area contributed by atoms with E-state index in [1.54, 1.807) is 13.0 Å². The van der Waals surface area contributed by atoms with Crippen molar-refractivity contribution in [2.75, 3.05) is 27.2 Å². The molecule has 3 N–H and O–H groups in total. The Kier molecular flexibility index (Phi) is 4.80. The van der Waals surface area contributed by atoms with E-state index in [0.717, 1.165) is 18.8 Å². The highest BCUT2D eigenvalue weighted by molar-refractivity contribution is 5.94. The van der Waals surface area contributed by atoms with E-state index in [9.17, 15) is 4.79 Å². The topological polar surface area (TPSA) is 74.7 Å². The van der Waals surface area contributed by atoms with Crippen LogP contribution >= 0.6 is 0 Å². The van der Waals surface area contributed by atoms with E-state index in [2.05, 4.69) is 29.3 Å². The first-order chi connectivity index (χ1) is 9.51. The molecule has 1 aliphatic heterocycles. The number of rotatable bonds is 4. The lowest BCUT2D eigenvalue weighted by atomic mass is 10.0. The van der Waals surface area contributed by atoms with Crippen LogP contribution in [0.2, 0.25) is 0 Å². The average molecular weight is 280 g/mol. The van der Waals surface area contributed by atoms with Crippen molar-refractivity contribution >= 4 is 5.91 Å². The molecule has 20 heavy (non-hydrogen) atoms. The molecular weight excluding hydrogens is 256 g/mol. The number of carbonyl (C=O) groups excluding carboxylic acids is 1. The van der Waals surface area contributed by atoms with E-state index in [4.69, 9.17) is 10.3 Å². The number of hydrogen-bond donors (Lipinski definition) is 2. The molecule has 1 aromatic heterocycles. The number of furan rings is 1. The molecule has 1 aliphatic rings. The fraction of sp³-hybridized carbons (Fsp3) is 0.643. The number of nitrogens with zero attached hydrogens (tertiary/aromatic N) is 2. The molecule has 6 heteroatoms. The van der Waals surface area contributed by atoms with E-state index in [1.807, 2.05) is 0 Å². The Labute approximate surface area is 119 Å². The van der Waals surface area contributed by atoms with Gasteiger partial charge in [0.25, 0.3) is 5.91 Å². The molecule has 6 nitrogen and oxygen atoms in total. The standard InChI is InChI=1S/C14H24N4O2/c1-10-13(14(19)16-15)8-12(20-10)9-18(3)11-4-6-17(2)7-5-11/h8,11H,4-7,9,15H2,1-3H3,(H,16,19). The van der Waals surface area contributed by atoms with Gasteiger partial charge >= 0.3 is 0 Å². The number of nitrogens with one attached hydrogen (secondary N) is 1. The summed E-state index contributed by atoms with van der Waals surface area (Å²) in [5.41, 5.74) is 2.65. The highest BCUT2D eigenvalue weighted by Gasteiger charge is 2.22. The van der Waals surface area contributed by atoms with Gasteiger partial charge in [-0.25, -0.2) is 5.84 Å². The first kappa shape index (κ1) is 15.0. The number of likely N-dealkylation sites (tertiary alicyclic amines) is 1. The summed E-state index contributed by atoms with van der Waals surface area (Å²) >= 11 is 0. The lowest BCUT2D eigenvalue weighted by molar-refractivity contribution is 0.0952. The van der Waals surface area contributed by atoms with Crippen LogP contribution in [0.3, 0.4) is 0 Å². The summed E-state index contributed by atoms with van der Waals surface area (Å²) in [5.74, 6) is 6.27. The van der Waals surface area contributed by atoms with Gasteiger partial charge in [0.2, 0.25) is 0 Å². The Balaban J connectivity index is 1.97. The number of aryl methyl sites for hydroxylation is 1. The zero-order chi connectivity index (χ0) is 14.7. The third-order valence-corrected chi connectivity index (χ3v) is 4.06. The second-order valence-electron chi connectivity index (χ2n) is 5.61. The van der Waals surface area contributed by atoms with Gasteiger partial charge in [-0.3, -0.25) is 15.1 Å². The molecule has 0 atom stereocenters. The predicted octanol–water partition coefficient (Wildman–Crippen LogP) is 0.718. The van der Waals surface area contributed by atoms with Crippen LogP contribution in [0.15, 0.2) is 10.5 Å². The monoisotopic (exact) mass is 280 g/mol. The van der Waals surface area contributed by atoms with Crippen molar-refractivity contribution in [3.63, 3.8) is 0 Å². The minimum absolute atomic E-state index is 0.306. The molecule has 0 radical (unpaired) electrons. The summed E-state index contributed by atoms with van der Waals surface area (Å²) in [4.78, 5) is 16.2. The van der Waals surface area contributed by atoms with Crippen molar-refractivity contribution in [3.05, 3.63) is 23.2 Å². The minimum atomic E-state index is -0.306. The maximum Gasteiger partial charge on any atom is 0.268 e. The van der Waals surface area contributed by atoms with E-state index < -0.39 is 0 Å². The van der Waals surface area contributed by atoms with Crippen LogP contribution in [0.5, 0.6) is 0 Å². The van der Waals surface area contributed by atoms with E-state index >= 15 is 0 Å². The third kappa shape index (κ3) is 3.39. The molecule has 1 amide bonds. The van der Waals surface area contributed by atoms with Crippen LogP contribution in [0, 0.1) is 6.92 Å². The van der Waals surface area contributed by atoms with Gasteiger partial charge in [0, 0.05) is 6.04 Å². The van der Waals surface area contributed by atoms with Crippen molar-refractivity contribution < 1.29 is 9.21 Å². The van der Waals surface area contributed by atoms with Gasteiger partial charge in [0.1, 0.15) is 11.5 Å². The molecule has 112 valence electrons. The van der Waals surface area contributed by atoms with Crippen molar-refractivity contribution in [2.24, 2.45) is 5.84 Å². The van der Waals surface area contributed by atoms with Gasteiger partial charge < -0.3 is 9.32 Å². The van der Waals surface area contributed by atoms with Crippen molar-refractivity contribution in [3.8, 4) is 0 Å². The molecule has 2 rings (SSSR count). The maximum absolute atomic E-state index is 11.6. The first-order valence-electron chi connectivity index (χ1n) is 7.00. The lowest BCUT2D eigenvalue weighted by Gasteiger charge is -2.34. The molecule has 0 spiro atoms. The molecule has 0 saturated carbocycles. The summed E-state index contributed by atoms with van der Waals surface area (Å²) in [5, 5.41) is 0. The van der Waals surface area contributed by atoms with Gasteiger partial charge in [-0.05, 0) is 53.0 Å². The molecular formula is C14H24N4O2. The molecule has 2 heterocycles. The van der Waals surface area contributed by atoms with Crippen LogP contribution in [-0.4, -0.2) is 48.9 Å². The highest BCUT2D eigenvalue weighted by atomic mass is 16.3. The van der Waals surface area contributed by atoms with Gasteiger partial charge in [0.05, 0.1) is 12.1 Å². The summed E-state index contributed by atoms with van der Waals surface area (Å²) in [6, 6.07) is 2.35. The molecule has 1 aromatic rings. The van der Waals surface area contributed by atoms with E-state index in [-0.39, 0.29) is 5.91 Å². The summed E-state index contributed by atoms with van der Waals surface area (Å²) in [7, 11) is 4.26. The first-order valence-corrected chi connectivity index (χ1v) is 7.00. The second-order valence-corrected chi connectivity index (χ2v) is 5.61. The smallest absolute Gasteiger partial charge is 0.268 e. The Morgan fingerprint density at radius 1 is 1.55 bits per heavy atom. The molecule has 0 unspecified atom stereocenters. The maximum atomic E-state index is 11.6. The number of nitrogens with two attached hydrogens (primary N) is 1. The van der Waals surface area contributed by atoms with Crippen LogP contribution in [0.4, 0.5) is 0 Å². The predicted molar refractivity (Wildman–Crippen MR) is 77.1 cm³/mol. The van der Waals surface area contributed by atoms with Crippen LogP contribution in [0.1, 0.15) is 34.7 Å². The zero-order valence-corrected chi connectivity index (χ0v) is 12.5. The molecule has 1 saturated heterocycles. The number of hydrogen-bond acceptors (Lipinski definition) is 5. The normalized spacial score (nSPS) is 17.6. The number of nitrogen functional groups attached to an aromatic ring is 1. The van der Waals surface area contributed by atoms with Gasteiger partial charge in [0.15, 0.2) is 0 Å². The van der Waals surface area contributed by atoms with Crippen molar-refractivity contribution in [1.82, 2.24) is 15.2 Å². The largest absolute Gasteiger partial charge is 0.464 e. The Morgan fingerprint density at radius 3 is 2.80 bits per heavy atom. The number of hydrazine groups is 1. The summed E-state index contributed by atoms with van der Waals surface area (Å²) in [6.45, 7) is 4.76. The summed E-state index contributed by atoms with van der Waals surface area (Å²) < 4.78 is 5.65. The molecule has 0 aromatic carbocycles. The van der Waals surface area contributed by atoms with Crippen LogP contribution in [0.25, 0.3) is 0 Å². The average Bonchev–Trinajstić information content (AvgIpc) is 2.79. The Hall–Kier alpha value is -1.37. The van der Waals surface area contributed by atoms with Gasteiger partial charge in [-0.15, -0.1) is 0 Å². The fourth-order valence-electron chi connectivity index (χ4n) is 2.74. The molecule has 0 bridgehead atoms.